The summed E-state index contributed by atoms with van der Waals surface area (Å²) in [5, 5.41) is 13.5. The topological polar surface area (TPSA) is 67.6 Å². The number of hydrogen-bond donors (Lipinski definition) is 1. The highest BCUT2D eigenvalue weighted by atomic mass is 35.5. The van der Waals surface area contributed by atoms with E-state index < -0.39 is 4.92 Å². The first-order valence-electron chi connectivity index (χ1n) is 6.20. The Balaban J connectivity index is 2.08. The molecule has 2 unspecified atom stereocenters. The van der Waals surface area contributed by atoms with Gasteiger partial charge in [-0.3, -0.25) is 10.1 Å². The molecule has 6 nitrogen and oxygen atoms in total. The van der Waals surface area contributed by atoms with E-state index in [-0.39, 0.29) is 5.16 Å². The lowest BCUT2D eigenvalue weighted by atomic mass is 9.97. The minimum atomic E-state index is -0.545. The normalized spacial score (nSPS) is 31.1. The Morgan fingerprint density at radius 3 is 3.06 bits per heavy atom. The second-order valence-electron chi connectivity index (χ2n) is 4.90. The highest BCUT2D eigenvalue weighted by Crippen LogP contribution is 2.24. The highest BCUT2D eigenvalue weighted by molar-refractivity contribution is 6.28. The Labute approximate surface area is 111 Å². The molecule has 0 aliphatic carbocycles. The lowest BCUT2D eigenvalue weighted by Crippen LogP contribution is -2.43. The van der Waals surface area contributed by atoms with Crippen LogP contribution >= 0.6 is 11.6 Å². The first-order valence-corrected chi connectivity index (χ1v) is 6.58. The van der Waals surface area contributed by atoms with Gasteiger partial charge in [0, 0.05) is 32.2 Å². The zero-order valence-corrected chi connectivity index (χ0v) is 11.2. The molecule has 0 aromatic rings. The van der Waals surface area contributed by atoms with Crippen LogP contribution in [0.25, 0.3) is 0 Å². The van der Waals surface area contributed by atoms with Crippen molar-refractivity contribution < 1.29 is 9.66 Å². The van der Waals surface area contributed by atoms with E-state index in [1.165, 1.54) is 0 Å². The van der Waals surface area contributed by atoms with E-state index in [1.807, 2.05) is 4.90 Å². The number of nitrogens with one attached hydrogen (secondary N) is 1. The fourth-order valence-electron chi connectivity index (χ4n) is 2.39. The summed E-state index contributed by atoms with van der Waals surface area (Å²) in [6.45, 7) is 5.93. The fourth-order valence-corrected chi connectivity index (χ4v) is 2.58. The van der Waals surface area contributed by atoms with Gasteiger partial charge in [-0.15, -0.1) is 0 Å². The van der Waals surface area contributed by atoms with Crippen LogP contribution in [0.4, 0.5) is 0 Å². The quantitative estimate of drug-likeness (QED) is 0.476. The first-order chi connectivity index (χ1) is 8.59. The predicted molar refractivity (Wildman–Crippen MR) is 67.5 cm³/mol. The van der Waals surface area contributed by atoms with Gasteiger partial charge in [0.15, 0.2) is 5.82 Å². The molecule has 0 amide bonds. The van der Waals surface area contributed by atoms with Crippen LogP contribution in [0.15, 0.2) is 11.0 Å². The molecule has 0 radical (unpaired) electrons. The summed E-state index contributed by atoms with van der Waals surface area (Å²) in [5.74, 6) is 1.35. The van der Waals surface area contributed by atoms with E-state index in [9.17, 15) is 10.1 Å². The van der Waals surface area contributed by atoms with Gasteiger partial charge >= 0.3 is 5.16 Å². The first kappa shape index (κ1) is 13.4. The number of nitrogens with zero attached hydrogens (tertiary/aromatic N) is 2. The highest BCUT2D eigenvalue weighted by Gasteiger charge is 2.31. The summed E-state index contributed by atoms with van der Waals surface area (Å²) in [4.78, 5) is 12.2. The maximum Gasteiger partial charge on any atom is 0.377 e. The van der Waals surface area contributed by atoms with E-state index in [0.29, 0.717) is 17.7 Å². The van der Waals surface area contributed by atoms with Crippen LogP contribution in [0.1, 0.15) is 13.3 Å². The Morgan fingerprint density at radius 2 is 2.44 bits per heavy atom. The summed E-state index contributed by atoms with van der Waals surface area (Å²) in [7, 11) is 0. The number of ether oxygens (including phenoxy) is 1. The molecule has 7 heteroatoms. The van der Waals surface area contributed by atoms with Crippen LogP contribution in [0.2, 0.25) is 0 Å². The molecular weight excluding hydrogens is 258 g/mol. The van der Waals surface area contributed by atoms with Gasteiger partial charge in [0.25, 0.3) is 0 Å². The molecule has 2 fully saturated rings. The van der Waals surface area contributed by atoms with Crippen molar-refractivity contribution in [1.82, 2.24) is 10.2 Å². The summed E-state index contributed by atoms with van der Waals surface area (Å²) >= 11 is 5.76. The maximum atomic E-state index is 10.8. The summed E-state index contributed by atoms with van der Waals surface area (Å²) in [6, 6.07) is 0. The molecule has 0 bridgehead atoms. The van der Waals surface area contributed by atoms with Gasteiger partial charge in [0.1, 0.15) is 0 Å². The summed E-state index contributed by atoms with van der Waals surface area (Å²) in [6.07, 6.45) is 0.966. The van der Waals surface area contributed by atoms with Crippen molar-refractivity contribution in [3.8, 4) is 0 Å². The average molecular weight is 276 g/mol. The Hall–Kier alpha value is -1.01. The molecule has 2 aliphatic heterocycles. The zero-order chi connectivity index (χ0) is 13.1. The van der Waals surface area contributed by atoms with Crippen LogP contribution in [-0.4, -0.2) is 42.7 Å². The van der Waals surface area contributed by atoms with Crippen molar-refractivity contribution in [1.29, 1.82) is 0 Å². The molecule has 2 rings (SSSR count). The lowest BCUT2D eigenvalue weighted by Gasteiger charge is -2.33. The minimum absolute atomic E-state index is 0.318. The van der Waals surface area contributed by atoms with Crippen molar-refractivity contribution in [2.45, 2.75) is 13.3 Å². The molecule has 2 aliphatic rings. The van der Waals surface area contributed by atoms with Gasteiger partial charge in [-0.25, -0.2) is 0 Å². The van der Waals surface area contributed by atoms with Crippen LogP contribution in [0.3, 0.4) is 0 Å². The molecular formula is C11H18ClN3O3. The van der Waals surface area contributed by atoms with Gasteiger partial charge in [-0.2, -0.15) is 0 Å². The second-order valence-corrected chi connectivity index (χ2v) is 5.26. The molecule has 0 spiro atoms. The Bertz CT molecular complexity index is 361. The largest absolute Gasteiger partial charge is 0.381 e. The Morgan fingerprint density at radius 1 is 1.67 bits per heavy atom. The van der Waals surface area contributed by atoms with Gasteiger partial charge in [0.05, 0.1) is 11.5 Å². The standard InChI is InChI=1S/C11H18ClN3O3/c1-8-6-18-7-9(8)5-14-4-2-3-13-11(14)10(12)15(16)17/h8-9,13H,2-7H2,1H3. The molecule has 2 heterocycles. The van der Waals surface area contributed by atoms with E-state index in [2.05, 4.69) is 12.2 Å². The Kier molecular flexibility index (Phi) is 4.29. The third-order valence-electron chi connectivity index (χ3n) is 3.54. The lowest BCUT2D eigenvalue weighted by molar-refractivity contribution is -0.414. The van der Waals surface area contributed by atoms with E-state index in [0.717, 1.165) is 39.3 Å². The van der Waals surface area contributed by atoms with E-state index in [4.69, 9.17) is 16.3 Å². The molecule has 1 N–H and O–H groups in total. The molecule has 0 saturated carbocycles. The second kappa shape index (κ2) is 5.75. The van der Waals surface area contributed by atoms with Crippen molar-refractivity contribution in [3.05, 3.63) is 21.1 Å². The van der Waals surface area contributed by atoms with Gasteiger partial charge in [-0.1, -0.05) is 6.92 Å². The van der Waals surface area contributed by atoms with Crippen molar-refractivity contribution in [2.24, 2.45) is 11.8 Å². The predicted octanol–water partition coefficient (Wildman–Crippen LogP) is 1.21. The van der Waals surface area contributed by atoms with Gasteiger partial charge < -0.3 is 15.0 Å². The van der Waals surface area contributed by atoms with Crippen LogP contribution < -0.4 is 5.32 Å². The molecule has 2 saturated heterocycles. The molecule has 0 aromatic heterocycles. The molecule has 2 atom stereocenters. The number of nitro groups is 1. The molecule has 0 aromatic carbocycles. The molecule has 18 heavy (non-hydrogen) atoms. The zero-order valence-electron chi connectivity index (χ0n) is 10.4. The number of hydrogen-bond acceptors (Lipinski definition) is 5. The average Bonchev–Trinajstić information content (AvgIpc) is 2.75. The maximum absolute atomic E-state index is 10.8. The fraction of sp³-hybridized carbons (Fsp3) is 0.818. The van der Waals surface area contributed by atoms with Gasteiger partial charge in [0.2, 0.25) is 0 Å². The smallest absolute Gasteiger partial charge is 0.377 e. The van der Waals surface area contributed by atoms with Crippen molar-refractivity contribution in [2.75, 3.05) is 32.8 Å². The third kappa shape index (κ3) is 2.87. The summed E-state index contributed by atoms with van der Waals surface area (Å²) < 4.78 is 5.42. The number of halogens is 1. The van der Waals surface area contributed by atoms with E-state index >= 15 is 0 Å². The van der Waals surface area contributed by atoms with E-state index in [1.54, 1.807) is 0 Å². The third-order valence-corrected chi connectivity index (χ3v) is 3.86. The SMILES string of the molecule is CC1COCC1CN1CCCNC1=C(Cl)[N+](=O)[O-]. The van der Waals surface area contributed by atoms with Gasteiger partial charge in [-0.05, 0) is 23.9 Å². The molecule has 102 valence electrons. The van der Waals surface area contributed by atoms with Crippen molar-refractivity contribution in [3.63, 3.8) is 0 Å². The van der Waals surface area contributed by atoms with Crippen molar-refractivity contribution >= 4 is 11.6 Å². The van der Waals surface area contributed by atoms with Crippen LogP contribution in [0, 0.1) is 22.0 Å². The van der Waals surface area contributed by atoms with Crippen LogP contribution in [0.5, 0.6) is 0 Å². The monoisotopic (exact) mass is 275 g/mol. The summed E-state index contributed by atoms with van der Waals surface area (Å²) in [5.41, 5.74) is 0. The number of rotatable bonds is 3. The minimum Gasteiger partial charge on any atom is -0.381 e. The van der Waals surface area contributed by atoms with Crippen LogP contribution in [-0.2, 0) is 4.74 Å².